The van der Waals surface area contributed by atoms with E-state index in [1.54, 1.807) is 55.6 Å². The Morgan fingerprint density at radius 2 is 1.70 bits per heavy atom. The van der Waals surface area contributed by atoms with Crippen LogP contribution in [0.5, 0.6) is 5.75 Å². The van der Waals surface area contributed by atoms with Crippen LogP contribution in [0.3, 0.4) is 0 Å². The predicted octanol–water partition coefficient (Wildman–Crippen LogP) is 3.62. The van der Waals surface area contributed by atoms with Crippen molar-refractivity contribution in [1.82, 2.24) is 0 Å². The van der Waals surface area contributed by atoms with Gasteiger partial charge in [0.25, 0.3) is 0 Å². The van der Waals surface area contributed by atoms with Crippen molar-refractivity contribution >= 4 is 28.0 Å². The molecule has 2 aromatic carbocycles. The van der Waals surface area contributed by atoms with E-state index in [9.17, 15) is 9.59 Å². The average Bonchev–Trinajstić information content (AvgIpc) is 2.49. The molecule has 2 aromatic rings. The minimum Gasteiger partial charge on any atom is -0.497 e. The van der Waals surface area contributed by atoms with Crippen molar-refractivity contribution in [2.24, 2.45) is 0 Å². The van der Waals surface area contributed by atoms with Crippen LogP contribution < -0.4 is 4.74 Å². The molecule has 20 heavy (non-hydrogen) atoms. The maximum atomic E-state index is 12.4. The number of methoxy groups -OCH3 is 1. The Balaban J connectivity index is 2.28. The molecule has 1 unspecified atom stereocenters. The maximum Gasteiger partial charge on any atom is 0.177 e. The van der Waals surface area contributed by atoms with Crippen molar-refractivity contribution in [1.29, 1.82) is 0 Å². The number of carbonyl (C=O) groups excluding carboxylic acids is 2. The summed E-state index contributed by atoms with van der Waals surface area (Å²) in [7, 11) is 1.57. The van der Waals surface area contributed by atoms with Gasteiger partial charge in [0.15, 0.2) is 5.78 Å². The summed E-state index contributed by atoms with van der Waals surface area (Å²) in [4.78, 5) is 23.6. The molecule has 0 heterocycles. The predicted molar refractivity (Wildman–Crippen MR) is 80.3 cm³/mol. The number of rotatable bonds is 5. The Morgan fingerprint density at radius 1 is 1.10 bits per heavy atom. The first-order valence-corrected chi connectivity index (χ1v) is 6.84. The summed E-state index contributed by atoms with van der Waals surface area (Å²) in [5.41, 5.74) is 1.18. The highest BCUT2D eigenvalue weighted by Gasteiger charge is 2.21. The lowest BCUT2D eigenvalue weighted by molar-refractivity contribution is -0.108. The number of hydrogen-bond donors (Lipinski definition) is 0. The van der Waals surface area contributed by atoms with Crippen molar-refractivity contribution in [3.8, 4) is 5.75 Å². The number of ketones is 1. The first-order valence-electron chi connectivity index (χ1n) is 6.04. The largest absolute Gasteiger partial charge is 0.497 e. The van der Waals surface area contributed by atoms with Crippen LogP contribution in [0.2, 0.25) is 0 Å². The smallest absolute Gasteiger partial charge is 0.177 e. The highest BCUT2D eigenvalue weighted by molar-refractivity contribution is 9.10. The molecule has 0 radical (unpaired) electrons. The fraction of sp³-hybridized carbons (Fsp3) is 0.125. The summed E-state index contributed by atoms with van der Waals surface area (Å²) in [6.45, 7) is 0. The molecule has 0 fully saturated rings. The summed E-state index contributed by atoms with van der Waals surface area (Å²) in [5, 5.41) is 0. The van der Waals surface area contributed by atoms with E-state index in [1.165, 1.54) is 0 Å². The monoisotopic (exact) mass is 332 g/mol. The first-order chi connectivity index (χ1) is 9.65. The number of ether oxygens (including phenoxy) is 1. The first kappa shape index (κ1) is 14.5. The Bertz CT molecular complexity index is 603. The zero-order valence-electron chi connectivity index (χ0n) is 10.9. The van der Waals surface area contributed by atoms with Gasteiger partial charge < -0.3 is 9.53 Å². The quantitative estimate of drug-likeness (QED) is 0.477. The number of Topliss-reactive ketones (excluding diaryl/α,β-unsaturated/α-hetero) is 1. The molecule has 0 aliphatic rings. The van der Waals surface area contributed by atoms with Crippen molar-refractivity contribution in [2.75, 3.05) is 7.11 Å². The van der Waals surface area contributed by atoms with Crippen LogP contribution >= 0.6 is 15.9 Å². The molecule has 0 spiro atoms. The van der Waals surface area contributed by atoms with Gasteiger partial charge in [0.1, 0.15) is 18.0 Å². The van der Waals surface area contributed by atoms with Crippen LogP contribution in [0.4, 0.5) is 0 Å². The molecule has 0 N–H and O–H groups in total. The molecule has 102 valence electrons. The minimum absolute atomic E-state index is 0.210. The van der Waals surface area contributed by atoms with Crippen molar-refractivity contribution < 1.29 is 14.3 Å². The normalized spacial score (nSPS) is 11.7. The molecule has 3 nitrogen and oxygen atoms in total. The van der Waals surface area contributed by atoms with E-state index in [2.05, 4.69) is 15.9 Å². The Labute approximate surface area is 125 Å². The van der Waals surface area contributed by atoms with Crippen molar-refractivity contribution in [2.45, 2.75) is 5.92 Å². The number of aldehydes is 1. The lowest BCUT2D eigenvalue weighted by Crippen LogP contribution is -2.14. The highest BCUT2D eigenvalue weighted by Crippen LogP contribution is 2.22. The topological polar surface area (TPSA) is 43.4 Å². The van der Waals surface area contributed by atoms with E-state index < -0.39 is 5.92 Å². The van der Waals surface area contributed by atoms with Gasteiger partial charge in [-0.15, -0.1) is 0 Å². The van der Waals surface area contributed by atoms with Crippen LogP contribution in [-0.4, -0.2) is 19.2 Å². The molecule has 4 heteroatoms. The summed E-state index contributed by atoms with van der Waals surface area (Å²) < 4.78 is 5.95. The molecule has 0 bridgehead atoms. The molecule has 1 atom stereocenters. The Morgan fingerprint density at radius 3 is 2.20 bits per heavy atom. The lowest BCUT2D eigenvalue weighted by Gasteiger charge is -2.10. The van der Waals surface area contributed by atoms with E-state index in [4.69, 9.17) is 4.74 Å². The van der Waals surface area contributed by atoms with Gasteiger partial charge in [-0.1, -0.05) is 40.2 Å². The highest BCUT2D eigenvalue weighted by atomic mass is 79.9. The van der Waals surface area contributed by atoms with E-state index >= 15 is 0 Å². The standard InChI is InChI=1S/C16H13BrO3/c1-20-14-8-4-11(5-9-14)15(10-18)16(19)12-2-6-13(17)7-3-12/h2-10,15H,1H3. The van der Waals surface area contributed by atoms with E-state index in [1.807, 2.05) is 0 Å². The van der Waals surface area contributed by atoms with Gasteiger partial charge >= 0.3 is 0 Å². The SMILES string of the molecule is COc1ccc(C(C=O)C(=O)c2ccc(Br)cc2)cc1. The molecule has 2 rings (SSSR count). The molecule has 0 aliphatic heterocycles. The van der Waals surface area contributed by atoms with Gasteiger partial charge in [0.05, 0.1) is 7.11 Å². The zero-order chi connectivity index (χ0) is 14.5. The van der Waals surface area contributed by atoms with Gasteiger partial charge in [-0.2, -0.15) is 0 Å². The third-order valence-electron chi connectivity index (χ3n) is 3.02. The minimum atomic E-state index is -0.790. The van der Waals surface area contributed by atoms with Crippen LogP contribution in [-0.2, 0) is 4.79 Å². The van der Waals surface area contributed by atoms with E-state index in [0.717, 1.165) is 4.47 Å². The number of carbonyl (C=O) groups is 2. The summed E-state index contributed by atoms with van der Waals surface area (Å²) >= 11 is 3.31. The zero-order valence-corrected chi connectivity index (χ0v) is 12.5. The Hall–Kier alpha value is -1.94. The molecule has 0 aromatic heterocycles. The van der Waals surface area contributed by atoms with Crippen LogP contribution in [0.25, 0.3) is 0 Å². The maximum absolute atomic E-state index is 12.4. The molecular weight excluding hydrogens is 320 g/mol. The summed E-state index contributed by atoms with van der Waals surface area (Å²) in [6.07, 6.45) is 0.673. The van der Waals surface area contributed by atoms with E-state index in [0.29, 0.717) is 23.2 Å². The third-order valence-corrected chi connectivity index (χ3v) is 3.55. The Kier molecular flexibility index (Phi) is 4.69. The molecular formula is C16H13BrO3. The number of halogens is 1. The summed E-state index contributed by atoms with van der Waals surface area (Å²) in [6, 6.07) is 13.9. The fourth-order valence-electron chi connectivity index (χ4n) is 1.90. The molecule has 0 amide bonds. The average molecular weight is 333 g/mol. The van der Waals surface area contributed by atoms with Crippen molar-refractivity contribution in [3.63, 3.8) is 0 Å². The van der Waals surface area contributed by atoms with Crippen LogP contribution in [0.15, 0.2) is 53.0 Å². The van der Waals surface area contributed by atoms with Crippen molar-refractivity contribution in [3.05, 3.63) is 64.1 Å². The van der Waals surface area contributed by atoms with Gasteiger partial charge in [0, 0.05) is 10.0 Å². The number of hydrogen-bond acceptors (Lipinski definition) is 3. The van der Waals surface area contributed by atoms with Gasteiger partial charge in [-0.25, -0.2) is 0 Å². The number of benzene rings is 2. The lowest BCUT2D eigenvalue weighted by atomic mass is 9.92. The van der Waals surface area contributed by atoms with Crippen LogP contribution in [0, 0.1) is 0 Å². The molecule has 0 saturated carbocycles. The van der Waals surface area contributed by atoms with Gasteiger partial charge in [0.2, 0.25) is 0 Å². The van der Waals surface area contributed by atoms with E-state index in [-0.39, 0.29) is 5.78 Å². The van der Waals surface area contributed by atoms with Gasteiger partial charge in [-0.05, 0) is 29.8 Å². The molecule has 0 aliphatic carbocycles. The third kappa shape index (κ3) is 3.14. The second-order valence-corrected chi connectivity index (χ2v) is 5.17. The second-order valence-electron chi connectivity index (χ2n) is 4.26. The fourth-order valence-corrected chi connectivity index (χ4v) is 2.16. The molecule has 0 saturated heterocycles. The van der Waals surface area contributed by atoms with Gasteiger partial charge in [-0.3, -0.25) is 4.79 Å². The second kappa shape index (κ2) is 6.48. The summed E-state index contributed by atoms with van der Waals surface area (Å²) in [5.74, 6) is -0.311. The van der Waals surface area contributed by atoms with Crippen LogP contribution in [0.1, 0.15) is 21.8 Å².